The Morgan fingerprint density at radius 1 is 0.452 bits per heavy atom. The molecule has 8 nitrogen and oxygen atoms in total. The number of pyridine rings is 2. The molecule has 0 aliphatic rings. The second-order valence-electron chi connectivity index (χ2n) is 14.8. The van der Waals surface area contributed by atoms with Crippen LogP contribution in [0.2, 0.25) is 0 Å². The van der Waals surface area contributed by atoms with Crippen molar-refractivity contribution in [3.8, 4) is 35.1 Å². The maximum absolute atomic E-state index is 12.9. The summed E-state index contributed by atoms with van der Waals surface area (Å²) in [6.45, 7) is 34.2. The van der Waals surface area contributed by atoms with E-state index in [-0.39, 0.29) is 11.6 Å². The zero-order chi connectivity index (χ0) is 54.7. The number of aryl methyl sites for hydroxylation is 2. The zero-order valence-electron chi connectivity index (χ0n) is 46.8. The number of ketones is 2. The first-order chi connectivity index (χ1) is 35.6. The fourth-order valence-corrected chi connectivity index (χ4v) is 6.58. The molecular formula is C65H80N6O2. The van der Waals surface area contributed by atoms with Gasteiger partial charge in [-0.3, -0.25) is 19.6 Å². The van der Waals surface area contributed by atoms with Gasteiger partial charge >= 0.3 is 0 Å². The Labute approximate surface area is 439 Å². The monoisotopic (exact) mass is 977 g/mol. The van der Waals surface area contributed by atoms with Crippen molar-refractivity contribution >= 4 is 11.6 Å². The van der Waals surface area contributed by atoms with Gasteiger partial charge in [0.15, 0.2) is 11.6 Å². The fourth-order valence-electron chi connectivity index (χ4n) is 6.58. The maximum Gasteiger partial charge on any atom is 0.167 e. The summed E-state index contributed by atoms with van der Waals surface area (Å²) < 4.78 is 3.85. The second kappa shape index (κ2) is 36.1. The van der Waals surface area contributed by atoms with Crippen LogP contribution in [-0.4, -0.2) is 40.6 Å². The Morgan fingerprint density at radius 2 is 0.877 bits per heavy atom. The predicted octanol–water partition coefficient (Wildman–Crippen LogP) is 15.9. The zero-order valence-corrected chi connectivity index (χ0v) is 46.8. The van der Waals surface area contributed by atoms with Crippen molar-refractivity contribution in [2.75, 3.05) is 0 Å². The van der Waals surface area contributed by atoms with Crippen LogP contribution in [0.25, 0.3) is 11.4 Å². The summed E-state index contributed by atoms with van der Waals surface area (Å²) in [6, 6.07) is 30.9. The molecule has 0 amide bonds. The van der Waals surface area contributed by atoms with Gasteiger partial charge in [0.05, 0.1) is 12.7 Å². The van der Waals surface area contributed by atoms with E-state index in [1.165, 1.54) is 0 Å². The van der Waals surface area contributed by atoms with Crippen molar-refractivity contribution in [1.82, 2.24) is 29.1 Å². The van der Waals surface area contributed by atoms with Crippen molar-refractivity contribution < 1.29 is 9.59 Å². The molecule has 73 heavy (non-hydrogen) atoms. The number of hydrogen-bond acceptors (Lipinski definition) is 6. The molecule has 0 saturated carbocycles. The van der Waals surface area contributed by atoms with Gasteiger partial charge in [0.2, 0.25) is 0 Å². The summed E-state index contributed by atoms with van der Waals surface area (Å²) in [5.74, 6) is 12.9. The van der Waals surface area contributed by atoms with E-state index in [0.29, 0.717) is 24.0 Å². The molecule has 0 aliphatic heterocycles. The number of benzene rings is 4. The van der Waals surface area contributed by atoms with Gasteiger partial charge in [-0.25, -0.2) is 9.97 Å². The predicted molar refractivity (Wildman–Crippen MR) is 308 cm³/mol. The van der Waals surface area contributed by atoms with E-state index < -0.39 is 0 Å². The Hall–Kier alpha value is -7.94. The van der Waals surface area contributed by atoms with Gasteiger partial charge in [-0.05, 0) is 117 Å². The highest BCUT2D eigenvalue weighted by Gasteiger charge is 2.11. The molecule has 8 heteroatoms. The van der Waals surface area contributed by atoms with Crippen molar-refractivity contribution in [3.05, 3.63) is 226 Å². The molecule has 4 aromatic heterocycles. The lowest BCUT2D eigenvalue weighted by Crippen LogP contribution is -2.04. The van der Waals surface area contributed by atoms with Crippen LogP contribution < -0.4 is 0 Å². The fraction of sp³-hybridized carbons (Fsp3) is 0.292. The van der Waals surface area contributed by atoms with Crippen LogP contribution in [0.1, 0.15) is 165 Å². The third kappa shape index (κ3) is 20.0. The van der Waals surface area contributed by atoms with Crippen molar-refractivity contribution in [2.24, 2.45) is 0 Å². The summed E-state index contributed by atoms with van der Waals surface area (Å²) in [4.78, 5) is 42.5. The first kappa shape index (κ1) is 63.1. The summed E-state index contributed by atoms with van der Waals surface area (Å²) in [5.41, 5.74) is 14.2. The molecule has 0 saturated heterocycles. The molecule has 0 unspecified atom stereocenters. The number of rotatable bonds is 8. The first-order valence-corrected chi connectivity index (χ1v) is 25.9. The minimum Gasteiger partial charge on any atom is -0.306 e. The number of imidazole rings is 2. The minimum atomic E-state index is 0.0647. The number of carbonyl (C=O) groups is 2. The molecule has 0 aliphatic carbocycles. The minimum absolute atomic E-state index is 0.0647. The van der Waals surface area contributed by atoms with E-state index >= 15 is 0 Å². The normalized spacial score (nSPS) is 9.16. The molecule has 0 atom stereocenters. The molecule has 382 valence electrons. The Bertz CT molecular complexity index is 2980. The van der Waals surface area contributed by atoms with Gasteiger partial charge in [0, 0.05) is 107 Å². The maximum atomic E-state index is 12.9. The van der Waals surface area contributed by atoms with Gasteiger partial charge in [-0.2, -0.15) is 0 Å². The highest BCUT2D eigenvalue weighted by atomic mass is 16.1. The highest BCUT2D eigenvalue weighted by Crippen LogP contribution is 2.18. The first-order valence-electron chi connectivity index (χ1n) is 25.9. The van der Waals surface area contributed by atoms with Gasteiger partial charge < -0.3 is 9.13 Å². The van der Waals surface area contributed by atoms with E-state index in [4.69, 9.17) is 0 Å². The molecule has 0 fully saturated rings. The van der Waals surface area contributed by atoms with Gasteiger partial charge in [0.25, 0.3) is 0 Å². The summed E-state index contributed by atoms with van der Waals surface area (Å²) in [5, 5.41) is 0. The molecule has 8 aromatic rings. The third-order valence-electron chi connectivity index (χ3n) is 10.6. The highest BCUT2D eigenvalue weighted by molar-refractivity contribution is 5.98. The number of Topliss-reactive ketones (excluding diaryl/α,β-unsaturated/α-hetero) is 2. The van der Waals surface area contributed by atoms with Crippen LogP contribution in [0.15, 0.2) is 153 Å². The average Bonchev–Trinajstić information content (AvgIpc) is 4.22. The van der Waals surface area contributed by atoms with Gasteiger partial charge in [0.1, 0.15) is 0 Å². The topological polar surface area (TPSA) is 95.6 Å². The van der Waals surface area contributed by atoms with Crippen molar-refractivity contribution in [1.29, 1.82) is 0 Å². The lowest BCUT2D eigenvalue weighted by molar-refractivity contribution is 0.0984. The Kier molecular flexibility index (Phi) is 31.1. The quantitative estimate of drug-likeness (QED) is 0.111. The van der Waals surface area contributed by atoms with Crippen LogP contribution in [0.5, 0.6) is 0 Å². The number of hydrogen-bond donors (Lipinski definition) is 0. The number of carbonyl (C=O) groups excluding carboxylic acids is 2. The van der Waals surface area contributed by atoms with Crippen LogP contribution in [0, 0.1) is 58.3 Å². The largest absolute Gasteiger partial charge is 0.306 e. The Balaban J connectivity index is 0.000000606. The second-order valence-corrected chi connectivity index (χ2v) is 14.8. The van der Waals surface area contributed by atoms with Crippen LogP contribution in [-0.2, 0) is 12.8 Å². The molecule has 0 spiro atoms. The van der Waals surface area contributed by atoms with Gasteiger partial charge in [-0.1, -0.05) is 155 Å². The molecule has 8 rings (SSSR count). The molecule has 0 radical (unpaired) electrons. The summed E-state index contributed by atoms with van der Waals surface area (Å²) >= 11 is 0. The summed E-state index contributed by atoms with van der Waals surface area (Å²) in [6.07, 6.45) is 16.8. The number of nitrogens with zero attached hydrogens (tertiary/aromatic N) is 6. The smallest absolute Gasteiger partial charge is 0.167 e. The van der Waals surface area contributed by atoms with Crippen LogP contribution in [0.4, 0.5) is 0 Å². The van der Waals surface area contributed by atoms with E-state index in [2.05, 4.69) is 57.5 Å². The van der Waals surface area contributed by atoms with Crippen molar-refractivity contribution in [2.45, 2.75) is 131 Å². The molecule has 0 bridgehead atoms. The van der Waals surface area contributed by atoms with E-state index in [0.717, 1.165) is 72.7 Å². The molecule has 0 N–H and O–H groups in total. The lowest BCUT2D eigenvalue weighted by Gasteiger charge is -2.06. The SMILES string of the molecule is CC.CC.CC.CC.CC.CC.Cc1cncc(C#Cc2cccc(C(=O)Cc3cccc(-n4ccnc4)c3)c2)c1C.Cc1ncc(C#Cc2cccc(C(=O)Cc3cccc(-n4ccnc4)c3)c2)c(C)c1C. The summed E-state index contributed by atoms with van der Waals surface area (Å²) in [7, 11) is 0. The third-order valence-corrected chi connectivity index (χ3v) is 10.6. The lowest BCUT2D eigenvalue weighted by atomic mass is 10.0. The van der Waals surface area contributed by atoms with Crippen LogP contribution in [0.3, 0.4) is 0 Å². The van der Waals surface area contributed by atoms with E-state index in [1.54, 1.807) is 31.2 Å². The van der Waals surface area contributed by atoms with Gasteiger partial charge in [-0.15, -0.1) is 0 Å². The number of aromatic nitrogens is 6. The van der Waals surface area contributed by atoms with E-state index in [9.17, 15) is 9.59 Å². The molecular weight excluding hydrogens is 897 g/mol. The van der Waals surface area contributed by atoms with E-state index in [1.807, 2.05) is 235 Å². The standard InChI is InChI=1S/C27H23N3O.C26H21N3O.6C2H6/c1-19-20(2)25(17-29-21(19)3)11-10-22-6-4-8-24(14-22)27(31)16-23-7-5-9-26(15-23)30-13-12-28-18-30;1-19-16-28-17-24(20(19)2)10-9-21-5-3-7-23(13-21)26(30)15-22-6-4-8-25(14-22)29-12-11-27-18-29;6*1-2/h4-9,12-15,17-18H,16H2,1-3H3;3-8,11-14,16-18H,15H2,1-2H3;6*1-2H3. The Morgan fingerprint density at radius 3 is 1.30 bits per heavy atom. The van der Waals surface area contributed by atoms with Crippen LogP contribution >= 0.6 is 0 Å². The van der Waals surface area contributed by atoms with Crippen molar-refractivity contribution in [3.63, 3.8) is 0 Å². The molecule has 4 heterocycles. The average molecular weight is 977 g/mol. The molecule has 4 aromatic carbocycles.